The fourth-order valence-corrected chi connectivity index (χ4v) is 5.70. The Morgan fingerprint density at radius 3 is 2.67 bits per heavy atom. The first-order valence-electron chi connectivity index (χ1n) is 13.0. The van der Waals surface area contributed by atoms with E-state index in [4.69, 9.17) is 24.3 Å². The molecule has 36 heavy (non-hydrogen) atoms. The van der Waals surface area contributed by atoms with Crippen LogP contribution in [0.25, 0.3) is 11.2 Å². The Kier molecular flexibility index (Phi) is 7.18. The number of allylic oxidation sites excluding steroid dienone is 2. The van der Waals surface area contributed by atoms with E-state index in [2.05, 4.69) is 22.4 Å². The van der Waals surface area contributed by atoms with E-state index >= 15 is 0 Å². The third-order valence-corrected chi connectivity index (χ3v) is 7.53. The molecule has 0 aromatic carbocycles. The minimum atomic E-state index is -0.288. The smallest absolute Gasteiger partial charge is 0.407 e. The van der Waals surface area contributed by atoms with Crippen molar-refractivity contribution in [3.63, 3.8) is 0 Å². The van der Waals surface area contributed by atoms with E-state index < -0.39 is 0 Å². The zero-order valence-electron chi connectivity index (χ0n) is 21.7. The quantitative estimate of drug-likeness (QED) is 0.638. The molecular weight excluding hydrogens is 458 g/mol. The fraction of sp³-hybridized carbons (Fsp3) is 0.593. The molecule has 3 heterocycles. The number of nitrogens with one attached hydrogen (secondary N) is 1. The summed E-state index contributed by atoms with van der Waals surface area (Å²) < 4.78 is 18.8. The number of anilines is 1. The third kappa shape index (κ3) is 4.93. The zero-order valence-corrected chi connectivity index (χ0v) is 21.7. The molecule has 3 aliphatic rings. The van der Waals surface area contributed by atoms with Gasteiger partial charge in [-0.3, -0.25) is 0 Å². The number of aromatic nitrogens is 3. The Bertz CT molecular complexity index is 1180. The maximum Gasteiger partial charge on any atom is 0.407 e. The van der Waals surface area contributed by atoms with E-state index in [9.17, 15) is 4.79 Å². The molecule has 5 rings (SSSR count). The summed E-state index contributed by atoms with van der Waals surface area (Å²) in [5.74, 6) is 0.815. The highest BCUT2D eigenvalue weighted by molar-refractivity contribution is 5.77. The lowest BCUT2D eigenvalue weighted by molar-refractivity contribution is 0.0734. The number of carbonyl (C=O) groups excluding carboxylic acids is 1. The molecule has 2 aromatic rings. The summed E-state index contributed by atoms with van der Waals surface area (Å²) >= 11 is 0. The number of amides is 1. The number of hydrogen-bond donors (Lipinski definition) is 1. The topological polar surface area (TPSA) is 90.2 Å². The van der Waals surface area contributed by atoms with Gasteiger partial charge in [0, 0.05) is 26.6 Å². The van der Waals surface area contributed by atoms with Gasteiger partial charge in [0.15, 0.2) is 5.65 Å². The Balaban J connectivity index is 1.35. The summed E-state index contributed by atoms with van der Waals surface area (Å²) in [7, 11) is 3.37. The number of aryl methyl sites for hydroxylation is 2. The summed E-state index contributed by atoms with van der Waals surface area (Å²) in [6.45, 7) is 5.58. The molecule has 2 unspecified atom stereocenters. The van der Waals surface area contributed by atoms with E-state index in [0.717, 1.165) is 78.4 Å². The number of nitrogens with zero attached hydrogens (tertiary/aromatic N) is 4. The van der Waals surface area contributed by atoms with Crippen molar-refractivity contribution in [2.75, 3.05) is 32.2 Å². The minimum Gasteiger partial charge on any atom is -0.498 e. The van der Waals surface area contributed by atoms with Crippen LogP contribution in [0.4, 0.5) is 10.5 Å². The first-order valence-corrected chi connectivity index (χ1v) is 13.0. The van der Waals surface area contributed by atoms with Crippen molar-refractivity contribution >= 4 is 23.0 Å². The zero-order chi connectivity index (χ0) is 25.2. The lowest BCUT2D eigenvalue weighted by Crippen LogP contribution is -2.39. The van der Waals surface area contributed by atoms with Gasteiger partial charge in [0.25, 0.3) is 0 Å². The molecule has 2 aromatic heterocycles. The molecule has 2 fully saturated rings. The van der Waals surface area contributed by atoms with E-state index in [1.165, 1.54) is 6.42 Å². The standard InChI is InChI=1S/C27H37N5O4/c1-17-14-22(31-13-12-20(16-31)29-27(33)36-21-8-6-5-7-9-21)26-28-18(2)25(32(26)30-17)19-10-11-23(34-3)24(15-19)35-4/h10-11,14,20-21,24H,5-9,12-13,15-16H2,1-4H3,(H,29,33). The molecule has 0 bridgehead atoms. The van der Waals surface area contributed by atoms with Crippen LogP contribution < -0.4 is 10.2 Å². The van der Waals surface area contributed by atoms with Crippen LogP contribution in [0, 0.1) is 13.8 Å². The summed E-state index contributed by atoms with van der Waals surface area (Å²) in [6, 6.07) is 2.14. The summed E-state index contributed by atoms with van der Waals surface area (Å²) in [5.41, 5.74) is 5.81. The van der Waals surface area contributed by atoms with Crippen molar-refractivity contribution in [2.24, 2.45) is 0 Å². The van der Waals surface area contributed by atoms with Crippen LogP contribution in [0.1, 0.15) is 62.0 Å². The normalized spacial score (nSPS) is 22.9. The summed E-state index contributed by atoms with van der Waals surface area (Å²) in [6.07, 6.45) is 10.7. The van der Waals surface area contributed by atoms with Gasteiger partial charge in [0.2, 0.25) is 0 Å². The highest BCUT2D eigenvalue weighted by Gasteiger charge is 2.30. The number of carbonyl (C=O) groups is 1. The molecule has 1 amide bonds. The molecule has 9 nitrogen and oxygen atoms in total. The number of ether oxygens (including phenoxy) is 3. The SMILES string of the molecule is COC1=CC=C(c2c(C)nc3c(N4CCC(NC(=O)OC5CCCCC5)C4)cc(C)nn23)CC1OC. The van der Waals surface area contributed by atoms with E-state index in [-0.39, 0.29) is 24.3 Å². The van der Waals surface area contributed by atoms with Crippen LogP contribution in [-0.4, -0.2) is 66.3 Å². The molecule has 0 radical (unpaired) electrons. The van der Waals surface area contributed by atoms with Crippen LogP contribution in [0.2, 0.25) is 0 Å². The number of hydrogen-bond acceptors (Lipinski definition) is 7. The highest BCUT2D eigenvalue weighted by Crippen LogP contribution is 2.34. The number of methoxy groups -OCH3 is 2. The lowest BCUT2D eigenvalue weighted by Gasteiger charge is -2.24. The maximum atomic E-state index is 12.5. The van der Waals surface area contributed by atoms with Gasteiger partial charge >= 0.3 is 6.09 Å². The average molecular weight is 496 g/mol. The van der Waals surface area contributed by atoms with Crippen LogP contribution in [0.15, 0.2) is 24.0 Å². The van der Waals surface area contributed by atoms with E-state index in [1.807, 2.05) is 24.4 Å². The van der Waals surface area contributed by atoms with Gasteiger partial charge in [-0.05, 0) is 63.7 Å². The lowest BCUT2D eigenvalue weighted by atomic mass is 9.97. The van der Waals surface area contributed by atoms with Gasteiger partial charge in [-0.2, -0.15) is 5.10 Å². The predicted octanol–water partition coefficient (Wildman–Crippen LogP) is 4.32. The summed E-state index contributed by atoms with van der Waals surface area (Å²) in [4.78, 5) is 19.7. The van der Waals surface area contributed by atoms with Crippen molar-refractivity contribution in [1.82, 2.24) is 19.9 Å². The number of imidazole rings is 1. The largest absolute Gasteiger partial charge is 0.498 e. The van der Waals surface area contributed by atoms with E-state index in [0.29, 0.717) is 13.0 Å². The molecule has 2 aliphatic carbocycles. The third-order valence-electron chi connectivity index (χ3n) is 7.53. The second kappa shape index (κ2) is 10.5. The van der Waals surface area contributed by atoms with Crippen molar-refractivity contribution in [3.8, 4) is 0 Å². The van der Waals surface area contributed by atoms with Gasteiger partial charge in [0.1, 0.15) is 18.0 Å². The molecule has 194 valence electrons. The second-order valence-corrected chi connectivity index (χ2v) is 10.1. The monoisotopic (exact) mass is 495 g/mol. The van der Waals surface area contributed by atoms with Crippen molar-refractivity contribution < 1.29 is 19.0 Å². The van der Waals surface area contributed by atoms with Crippen LogP contribution in [-0.2, 0) is 14.2 Å². The van der Waals surface area contributed by atoms with Crippen molar-refractivity contribution in [1.29, 1.82) is 0 Å². The van der Waals surface area contributed by atoms with E-state index in [1.54, 1.807) is 14.2 Å². The van der Waals surface area contributed by atoms with Crippen LogP contribution >= 0.6 is 0 Å². The molecule has 2 atom stereocenters. The maximum absolute atomic E-state index is 12.5. The second-order valence-electron chi connectivity index (χ2n) is 10.1. The van der Waals surface area contributed by atoms with Crippen LogP contribution in [0.5, 0.6) is 0 Å². The molecule has 9 heteroatoms. The van der Waals surface area contributed by atoms with Gasteiger partial charge in [-0.25, -0.2) is 14.3 Å². The minimum absolute atomic E-state index is 0.0475. The molecule has 1 saturated carbocycles. The Labute approximate surface area is 212 Å². The fourth-order valence-electron chi connectivity index (χ4n) is 5.70. The van der Waals surface area contributed by atoms with Gasteiger partial charge in [-0.1, -0.05) is 12.5 Å². The molecular formula is C27H37N5O4. The van der Waals surface area contributed by atoms with Crippen molar-refractivity contribution in [2.45, 2.75) is 77.0 Å². The molecule has 1 aliphatic heterocycles. The first kappa shape index (κ1) is 24.6. The molecule has 1 N–H and O–H groups in total. The summed E-state index contributed by atoms with van der Waals surface area (Å²) in [5, 5.41) is 7.92. The van der Waals surface area contributed by atoms with Gasteiger partial charge in [-0.15, -0.1) is 0 Å². The Hall–Kier alpha value is -3.07. The Morgan fingerprint density at radius 1 is 1.11 bits per heavy atom. The van der Waals surface area contributed by atoms with Gasteiger partial charge in [0.05, 0.1) is 35.9 Å². The van der Waals surface area contributed by atoms with Gasteiger partial charge < -0.3 is 24.4 Å². The predicted molar refractivity (Wildman–Crippen MR) is 138 cm³/mol. The number of fused-ring (bicyclic) bond motifs is 1. The van der Waals surface area contributed by atoms with Crippen LogP contribution in [0.3, 0.4) is 0 Å². The number of rotatable bonds is 6. The van der Waals surface area contributed by atoms with Crippen molar-refractivity contribution in [3.05, 3.63) is 41.1 Å². The average Bonchev–Trinajstić information content (AvgIpc) is 3.47. The number of alkyl carbamates (subject to hydrolysis) is 1. The molecule has 1 saturated heterocycles. The first-order chi connectivity index (χ1) is 17.5. The highest BCUT2D eigenvalue weighted by atomic mass is 16.6. The Morgan fingerprint density at radius 2 is 1.92 bits per heavy atom. The molecule has 0 spiro atoms.